The van der Waals surface area contributed by atoms with Crippen molar-refractivity contribution in [3.63, 3.8) is 0 Å². The van der Waals surface area contributed by atoms with Crippen molar-refractivity contribution < 1.29 is 14.6 Å². The molecule has 0 radical (unpaired) electrons. The molecule has 0 fully saturated rings. The van der Waals surface area contributed by atoms with Crippen molar-refractivity contribution in [1.82, 2.24) is 0 Å². The summed E-state index contributed by atoms with van der Waals surface area (Å²) in [5.41, 5.74) is 1.15. The van der Waals surface area contributed by atoms with Gasteiger partial charge in [-0.15, -0.1) is 6.58 Å². The van der Waals surface area contributed by atoms with Gasteiger partial charge in [0, 0.05) is 0 Å². The first-order valence-electron chi connectivity index (χ1n) is 5.73. The summed E-state index contributed by atoms with van der Waals surface area (Å²) in [5.74, 6) is -0.153. The number of rotatable bonds is 6. The molecule has 3 nitrogen and oxygen atoms in total. The predicted molar refractivity (Wildman–Crippen MR) is 67.2 cm³/mol. The Labute approximate surface area is 102 Å². The Morgan fingerprint density at radius 3 is 2.88 bits per heavy atom. The molecule has 0 aromatic heterocycles. The number of allylic oxidation sites excluding steroid dienone is 1. The van der Waals surface area contributed by atoms with Crippen molar-refractivity contribution in [2.45, 2.75) is 26.2 Å². The Morgan fingerprint density at radius 2 is 2.24 bits per heavy atom. The molecule has 3 heteroatoms. The fraction of sp³-hybridized carbons (Fsp3) is 0.357. The summed E-state index contributed by atoms with van der Waals surface area (Å²) < 4.78 is 5.11. The third-order valence-electron chi connectivity index (χ3n) is 2.47. The van der Waals surface area contributed by atoms with E-state index < -0.39 is 0 Å². The fourth-order valence-electron chi connectivity index (χ4n) is 1.42. The number of hydrogen-bond donors (Lipinski definition) is 1. The van der Waals surface area contributed by atoms with Gasteiger partial charge in [-0.25, -0.2) is 4.79 Å². The van der Waals surface area contributed by atoms with Crippen LogP contribution in [-0.4, -0.2) is 17.7 Å². The number of aryl methyl sites for hydroxylation is 1. The third kappa shape index (κ3) is 4.31. The van der Waals surface area contributed by atoms with E-state index in [1.165, 1.54) is 6.07 Å². The number of unbranched alkanes of at least 4 members (excludes halogenated alkanes) is 2. The molecule has 17 heavy (non-hydrogen) atoms. The summed E-state index contributed by atoms with van der Waals surface area (Å²) in [6.07, 6.45) is 4.61. The standard InChI is InChI=1S/C14H18O3/c1-3-4-5-6-9-17-14(16)12-7-8-13(15)11(2)10-12/h3,7-8,10,15H,1,4-6,9H2,2H3. The largest absolute Gasteiger partial charge is 0.508 e. The summed E-state index contributed by atoms with van der Waals surface area (Å²) in [6, 6.07) is 4.69. The minimum atomic E-state index is -0.341. The highest BCUT2D eigenvalue weighted by Crippen LogP contribution is 2.17. The minimum absolute atomic E-state index is 0.188. The number of phenolic OH excluding ortho intramolecular Hbond substituents is 1. The number of hydrogen-bond acceptors (Lipinski definition) is 3. The van der Waals surface area contributed by atoms with Crippen LogP contribution in [-0.2, 0) is 4.74 Å². The average molecular weight is 234 g/mol. The van der Waals surface area contributed by atoms with E-state index in [9.17, 15) is 9.90 Å². The Hall–Kier alpha value is -1.77. The van der Waals surface area contributed by atoms with Gasteiger partial charge in [0.25, 0.3) is 0 Å². The maximum absolute atomic E-state index is 11.6. The van der Waals surface area contributed by atoms with Crippen molar-refractivity contribution in [2.75, 3.05) is 6.61 Å². The van der Waals surface area contributed by atoms with Crippen molar-refractivity contribution in [3.8, 4) is 5.75 Å². The van der Waals surface area contributed by atoms with Gasteiger partial charge < -0.3 is 9.84 Å². The third-order valence-corrected chi connectivity index (χ3v) is 2.47. The molecule has 0 heterocycles. The number of carbonyl (C=O) groups is 1. The van der Waals surface area contributed by atoms with E-state index in [0.717, 1.165) is 19.3 Å². The molecule has 1 aromatic rings. The number of aromatic hydroxyl groups is 1. The van der Waals surface area contributed by atoms with E-state index in [-0.39, 0.29) is 11.7 Å². The Morgan fingerprint density at radius 1 is 1.47 bits per heavy atom. The van der Waals surface area contributed by atoms with E-state index in [1.807, 2.05) is 6.08 Å². The molecule has 0 aliphatic carbocycles. The lowest BCUT2D eigenvalue weighted by Gasteiger charge is -2.05. The molecule has 1 N–H and O–H groups in total. The number of benzene rings is 1. The smallest absolute Gasteiger partial charge is 0.338 e. The van der Waals surface area contributed by atoms with Crippen LogP contribution >= 0.6 is 0 Å². The van der Waals surface area contributed by atoms with Crippen LogP contribution in [0.5, 0.6) is 5.75 Å². The number of carbonyl (C=O) groups excluding carboxylic acids is 1. The molecule has 0 saturated heterocycles. The zero-order valence-electron chi connectivity index (χ0n) is 10.1. The highest BCUT2D eigenvalue weighted by Gasteiger charge is 2.08. The van der Waals surface area contributed by atoms with Gasteiger partial charge in [0.15, 0.2) is 0 Å². The highest BCUT2D eigenvalue weighted by atomic mass is 16.5. The van der Waals surface area contributed by atoms with Crippen LogP contribution in [0.4, 0.5) is 0 Å². The summed E-state index contributed by atoms with van der Waals surface area (Å²) >= 11 is 0. The summed E-state index contributed by atoms with van der Waals surface area (Å²) in [6.45, 7) is 5.80. The summed E-state index contributed by atoms with van der Waals surface area (Å²) in [4.78, 5) is 11.6. The predicted octanol–water partition coefficient (Wildman–Crippen LogP) is 3.21. The molecule has 0 unspecified atom stereocenters. The Kier molecular flexibility index (Phi) is 5.27. The van der Waals surface area contributed by atoms with Gasteiger partial charge in [0.2, 0.25) is 0 Å². The molecular weight excluding hydrogens is 216 g/mol. The van der Waals surface area contributed by atoms with Gasteiger partial charge in [-0.1, -0.05) is 6.08 Å². The van der Waals surface area contributed by atoms with E-state index in [1.54, 1.807) is 19.1 Å². The summed E-state index contributed by atoms with van der Waals surface area (Å²) in [7, 11) is 0. The van der Waals surface area contributed by atoms with Crippen LogP contribution in [0, 0.1) is 6.92 Å². The van der Waals surface area contributed by atoms with Crippen molar-refractivity contribution in [2.24, 2.45) is 0 Å². The monoisotopic (exact) mass is 234 g/mol. The van der Waals surface area contributed by atoms with Crippen molar-refractivity contribution >= 4 is 5.97 Å². The molecule has 0 saturated carbocycles. The normalized spacial score (nSPS) is 9.94. The second kappa shape index (κ2) is 6.74. The lowest BCUT2D eigenvalue weighted by Crippen LogP contribution is -2.06. The molecule has 0 spiro atoms. The molecular formula is C14H18O3. The van der Waals surface area contributed by atoms with E-state index in [2.05, 4.69) is 6.58 Å². The first-order chi connectivity index (χ1) is 8.15. The highest BCUT2D eigenvalue weighted by molar-refractivity contribution is 5.89. The Bertz CT molecular complexity index is 396. The molecule has 0 amide bonds. The van der Waals surface area contributed by atoms with Crippen LogP contribution in [0.25, 0.3) is 0 Å². The lowest BCUT2D eigenvalue weighted by atomic mass is 10.1. The molecule has 0 aliphatic rings. The van der Waals surface area contributed by atoms with Crippen LogP contribution in [0.1, 0.15) is 35.2 Å². The van der Waals surface area contributed by atoms with E-state index in [0.29, 0.717) is 17.7 Å². The van der Waals surface area contributed by atoms with Crippen molar-refractivity contribution in [3.05, 3.63) is 42.0 Å². The van der Waals surface area contributed by atoms with Crippen LogP contribution in [0.2, 0.25) is 0 Å². The van der Waals surface area contributed by atoms with E-state index in [4.69, 9.17) is 4.74 Å². The van der Waals surface area contributed by atoms with Crippen LogP contribution in [0.15, 0.2) is 30.9 Å². The molecule has 1 rings (SSSR count). The van der Waals surface area contributed by atoms with Gasteiger partial charge in [-0.3, -0.25) is 0 Å². The lowest BCUT2D eigenvalue weighted by molar-refractivity contribution is 0.0498. The maximum atomic E-state index is 11.6. The van der Waals surface area contributed by atoms with Crippen molar-refractivity contribution in [1.29, 1.82) is 0 Å². The molecule has 92 valence electrons. The Balaban J connectivity index is 2.41. The molecule has 0 atom stereocenters. The average Bonchev–Trinajstić information content (AvgIpc) is 2.32. The van der Waals surface area contributed by atoms with Gasteiger partial charge in [-0.2, -0.15) is 0 Å². The quantitative estimate of drug-likeness (QED) is 0.467. The first kappa shape index (κ1) is 13.3. The van der Waals surface area contributed by atoms with Crippen LogP contribution in [0.3, 0.4) is 0 Å². The summed E-state index contributed by atoms with van der Waals surface area (Å²) in [5, 5.41) is 9.34. The van der Waals surface area contributed by atoms with Gasteiger partial charge in [0.1, 0.15) is 5.75 Å². The number of esters is 1. The molecule has 0 aliphatic heterocycles. The topological polar surface area (TPSA) is 46.5 Å². The van der Waals surface area contributed by atoms with Gasteiger partial charge >= 0.3 is 5.97 Å². The zero-order valence-corrected chi connectivity index (χ0v) is 10.1. The molecule has 0 bridgehead atoms. The minimum Gasteiger partial charge on any atom is -0.508 e. The second-order valence-corrected chi connectivity index (χ2v) is 3.92. The number of ether oxygens (including phenoxy) is 1. The van der Waals surface area contributed by atoms with Gasteiger partial charge in [-0.05, 0) is 49.9 Å². The van der Waals surface area contributed by atoms with Crippen LogP contribution < -0.4 is 0 Å². The number of phenols is 1. The molecule has 1 aromatic carbocycles. The zero-order chi connectivity index (χ0) is 12.7. The fourth-order valence-corrected chi connectivity index (χ4v) is 1.42. The first-order valence-corrected chi connectivity index (χ1v) is 5.73. The SMILES string of the molecule is C=CCCCCOC(=O)c1ccc(O)c(C)c1. The van der Waals surface area contributed by atoms with Gasteiger partial charge in [0.05, 0.1) is 12.2 Å². The van der Waals surface area contributed by atoms with E-state index >= 15 is 0 Å². The second-order valence-electron chi connectivity index (χ2n) is 3.92. The maximum Gasteiger partial charge on any atom is 0.338 e.